The minimum absolute atomic E-state index is 0.0935. The van der Waals surface area contributed by atoms with Gasteiger partial charge in [0.15, 0.2) is 0 Å². The van der Waals surface area contributed by atoms with Crippen LogP contribution in [0, 0.1) is 16.7 Å². The zero-order valence-electron chi connectivity index (χ0n) is 11.9. The fourth-order valence-electron chi connectivity index (χ4n) is 3.98. The minimum atomic E-state index is -1.04. The van der Waals surface area contributed by atoms with E-state index in [2.05, 4.69) is 26.1 Å². The molecule has 0 radical (unpaired) electrons. The van der Waals surface area contributed by atoms with Gasteiger partial charge in [-0.3, -0.25) is 9.59 Å². The van der Waals surface area contributed by atoms with Crippen LogP contribution in [-0.2, 0) is 9.59 Å². The molecule has 0 aromatic heterocycles. The molecular formula is C14H24N2O3. The lowest BCUT2D eigenvalue weighted by molar-refractivity contribution is -0.139. The summed E-state index contributed by atoms with van der Waals surface area (Å²) in [5, 5.41) is 11.7. The third kappa shape index (κ3) is 2.14. The predicted molar refractivity (Wildman–Crippen MR) is 71.4 cm³/mol. The second-order valence-corrected chi connectivity index (χ2v) is 6.88. The van der Waals surface area contributed by atoms with Gasteiger partial charge in [0.05, 0.1) is 12.5 Å². The number of carbonyl (C=O) groups excluding carboxylic acids is 1. The Morgan fingerprint density at radius 3 is 2.47 bits per heavy atom. The smallest absolute Gasteiger partial charge is 0.305 e. The van der Waals surface area contributed by atoms with Crippen LogP contribution in [0.4, 0.5) is 0 Å². The summed E-state index contributed by atoms with van der Waals surface area (Å²) in [5.41, 5.74) is 5.93. The molecule has 2 rings (SSSR count). The van der Waals surface area contributed by atoms with Crippen LogP contribution in [0.5, 0.6) is 0 Å². The molecule has 5 nitrogen and oxygen atoms in total. The van der Waals surface area contributed by atoms with Crippen LogP contribution in [0.1, 0.15) is 46.5 Å². The number of amides is 1. The van der Waals surface area contributed by atoms with Crippen molar-refractivity contribution in [3.8, 4) is 0 Å². The van der Waals surface area contributed by atoms with E-state index in [0.29, 0.717) is 5.92 Å². The lowest BCUT2D eigenvalue weighted by Gasteiger charge is -2.39. The molecule has 2 saturated carbocycles. The SMILES string of the molecule is CC1(C)C2CCC1(C)C(NC(=O)C(N)CC(=O)O)C2. The number of rotatable bonds is 4. The maximum absolute atomic E-state index is 12.0. The van der Waals surface area contributed by atoms with Crippen LogP contribution >= 0.6 is 0 Å². The second-order valence-electron chi connectivity index (χ2n) is 6.88. The van der Waals surface area contributed by atoms with Crippen LogP contribution in [0.25, 0.3) is 0 Å². The molecule has 2 aliphatic rings. The Hall–Kier alpha value is -1.10. The highest BCUT2D eigenvalue weighted by atomic mass is 16.4. The molecule has 2 aliphatic carbocycles. The van der Waals surface area contributed by atoms with E-state index in [1.165, 1.54) is 6.42 Å². The van der Waals surface area contributed by atoms with Crippen molar-refractivity contribution in [2.45, 2.75) is 58.5 Å². The number of carboxylic acids is 1. The van der Waals surface area contributed by atoms with Crippen molar-refractivity contribution >= 4 is 11.9 Å². The summed E-state index contributed by atoms with van der Waals surface area (Å²) >= 11 is 0. The minimum Gasteiger partial charge on any atom is -0.481 e. The molecule has 4 N–H and O–H groups in total. The Balaban J connectivity index is 2.02. The van der Waals surface area contributed by atoms with Crippen LogP contribution in [0.15, 0.2) is 0 Å². The largest absolute Gasteiger partial charge is 0.481 e. The zero-order chi connectivity index (χ0) is 14.4. The molecule has 0 aromatic rings. The van der Waals surface area contributed by atoms with Crippen molar-refractivity contribution in [1.29, 1.82) is 0 Å². The molecule has 4 atom stereocenters. The van der Waals surface area contributed by atoms with Crippen molar-refractivity contribution in [2.75, 3.05) is 0 Å². The summed E-state index contributed by atoms with van der Waals surface area (Å²) in [7, 11) is 0. The molecule has 108 valence electrons. The van der Waals surface area contributed by atoms with Gasteiger partial charge in [0.25, 0.3) is 0 Å². The molecular weight excluding hydrogens is 244 g/mol. The van der Waals surface area contributed by atoms with Crippen molar-refractivity contribution in [3.05, 3.63) is 0 Å². The molecule has 2 fully saturated rings. The van der Waals surface area contributed by atoms with Crippen molar-refractivity contribution in [1.82, 2.24) is 5.32 Å². The summed E-state index contributed by atoms with van der Waals surface area (Å²) in [6, 6.07) is -0.836. The first-order valence-corrected chi connectivity index (χ1v) is 6.96. The van der Waals surface area contributed by atoms with Crippen LogP contribution in [-0.4, -0.2) is 29.1 Å². The maximum atomic E-state index is 12.0. The molecule has 4 unspecified atom stereocenters. The van der Waals surface area contributed by atoms with Gasteiger partial charge >= 0.3 is 5.97 Å². The lowest BCUT2D eigenvalue weighted by Crippen LogP contribution is -2.52. The highest BCUT2D eigenvalue weighted by Gasteiger charge is 2.61. The number of nitrogens with one attached hydrogen (secondary N) is 1. The quantitative estimate of drug-likeness (QED) is 0.712. The summed E-state index contributed by atoms with van der Waals surface area (Å²) in [6.45, 7) is 6.77. The molecule has 0 saturated heterocycles. The highest BCUT2D eigenvalue weighted by molar-refractivity contribution is 5.86. The molecule has 0 aromatic carbocycles. The normalized spacial score (nSPS) is 37.1. The Morgan fingerprint density at radius 2 is 2.05 bits per heavy atom. The van der Waals surface area contributed by atoms with E-state index in [0.717, 1.165) is 12.8 Å². The van der Waals surface area contributed by atoms with Gasteiger partial charge in [-0.2, -0.15) is 0 Å². The number of carboxylic acid groups (broad SMARTS) is 1. The van der Waals surface area contributed by atoms with Crippen LogP contribution in [0.2, 0.25) is 0 Å². The predicted octanol–water partition coefficient (Wildman–Crippen LogP) is 1.12. The number of hydrogen-bond acceptors (Lipinski definition) is 3. The van der Waals surface area contributed by atoms with Gasteiger partial charge in [0.2, 0.25) is 5.91 Å². The molecule has 1 amide bonds. The Morgan fingerprint density at radius 1 is 1.42 bits per heavy atom. The average molecular weight is 268 g/mol. The van der Waals surface area contributed by atoms with E-state index in [4.69, 9.17) is 10.8 Å². The van der Waals surface area contributed by atoms with Gasteiger partial charge < -0.3 is 16.2 Å². The summed E-state index contributed by atoms with van der Waals surface area (Å²) in [4.78, 5) is 22.5. The molecule has 19 heavy (non-hydrogen) atoms. The molecule has 2 bridgehead atoms. The molecule has 0 aliphatic heterocycles. The number of carbonyl (C=O) groups is 2. The topological polar surface area (TPSA) is 92.4 Å². The fourth-order valence-corrected chi connectivity index (χ4v) is 3.98. The summed E-state index contributed by atoms with van der Waals surface area (Å²) in [6.07, 6.45) is 3.00. The standard InChI is InChI=1S/C14H24N2O3/c1-13(2)8-4-5-14(13,3)10(6-8)16-12(19)9(15)7-11(17)18/h8-10H,4-7,15H2,1-3H3,(H,16,19)(H,17,18). The van der Waals surface area contributed by atoms with Gasteiger partial charge in [-0.25, -0.2) is 0 Å². The van der Waals surface area contributed by atoms with Gasteiger partial charge in [-0.15, -0.1) is 0 Å². The summed E-state index contributed by atoms with van der Waals surface area (Å²) in [5.74, 6) is -0.738. The first-order chi connectivity index (χ1) is 8.68. The summed E-state index contributed by atoms with van der Waals surface area (Å²) < 4.78 is 0. The van der Waals surface area contributed by atoms with E-state index in [-0.39, 0.29) is 29.2 Å². The van der Waals surface area contributed by atoms with Crippen molar-refractivity contribution < 1.29 is 14.7 Å². The third-order valence-electron chi connectivity index (χ3n) is 5.84. The Kier molecular flexibility index (Phi) is 3.37. The molecule has 0 heterocycles. The number of hydrogen-bond donors (Lipinski definition) is 3. The van der Waals surface area contributed by atoms with E-state index < -0.39 is 12.0 Å². The van der Waals surface area contributed by atoms with Gasteiger partial charge in [0.1, 0.15) is 0 Å². The third-order valence-corrected chi connectivity index (χ3v) is 5.84. The van der Waals surface area contributed by atoms with E-state index >= 15 is 0 Å². The first kappa shape index (κ1) is 14.3. The van der Waals surface area contributed by atoms with Gasteiger partial charge in [-0.05, 0) is 36.0 Å². The van der Waals surface area contributed by atoms with Gasteiger partial charge in [0, 0.05) is 6.04 Å². The van der Waals surface area contributed by atoms with E-state index in [9.17, 15) is 9.59 Å². The van der Waals surface area contributed by atoms with Crippen LogP contribution < -0.4 is 11.1 Å². The Bertz CT molecular complexity index is 407. The maximum Gasteiger partial charge on any atom is 0.305 e. The number of fused-ring (bicyclic) bond motifs is 2. The van der Waals surface area contributed by atoms with E-state index in [1.54, 1.807) is 0 Å². The van der Waals surface area contributed by atoms with Gasteiger partial charge in [-0.1, -0.05) is 20.8 Å². The fraction of sp³-hybridized carbons (Fsp3) is 0.857. The Labute approximate surface area is 113 Å². The van der Waals surface area contributed by atoms with Crippen LogP contribution in [0.3, 0.4) is 0 Å². The average Bonchev–Trinajstić information content (AvgIpc) is 2.61. The number of nitrogens with two attached hydrogens (primary N) is 1. The highest BCUT2D eigenvalue weighted by Crippen LogP contribution is 2.65. The monoisotopic (exact) mass is 268 g/mol. The van der Waals surface area contributed by atoms with E-state index in [1.807, 2.05) is 0 Å². The number of aliphatic carboxylic acids is 1. The lowest BCUT2D eigenvalue weighted by atomic mass is 9.69. The molecule has 0 spiro atoms. The zero-order valence-corrected chi connectivity index (χ0v) is 11.9. The second kappa shape index (κ2) is 4.47. The molecule has 5 heteroatoms. The van der Waals surface area contributed by atoms with Crippen molar-refractivity contribution in [3.63, 3.8) is 0 Å². The van der Waals surface area contributed by atoms with Crippen molar-refractivity contribution in [2.24, 2.45) is 22.5 Å². The first-order valence-electron chi connectivity index (χ1n) is 6.96.